The van der Waals surface area contributed by atoms with Gasteiger partial charge in [0.2, 0.25) is 0 Å². The van der Waals surface area contributed by atoms with Crippen molar-refractivity contribution in [3.05, 3.63) is 47.8 Å². The molecule has 1 aromatic heterocycles. The summed E-state index contributed by atoms with van der Waals surface area (Å²) in [6.45, 7) is 1.97. The van der Waals surface area contributed by atoms with Crippen molar-refractivity contribution in [2.45, 2.75) is 13.5 Å². The van der Waals surface area contributed by atoms with Crippen molar-refractivity contribution in [3.8, 4) is 18.1 Å². The van der Waals surface area contributed by atoms with Gasteiger partial charge in [-0.3, -0.25) is 0 Å². The Morgan fingerprint density at radius 1 is 1.43 bits per heavy atom. The van der Waals surface area contributed by atoms with Crippen molar-refractivity contribution in [2.75, 3.05) is 11.9 Å². The Bertz CT molecular complexity index is 743. The molecule has 0 saturated heterocycles. The normalized spacial score (nSPS) is 9.78. The van der Waals surface area contributed by atoms with Gasteiger partial charge in [-0.2, -0.15) is 0 Å². The van der Waals surface area contributed by atoms with Crippen molar-refractivity contribution in [3.63, 3.8) is 0 Å². The fourth-order valence-electron chi connectivity index (χ4n) is 1.78. The van der Waals surface area contributed by atoms with E-state index in [2.05, 4.69) is 26.5 Å². The standard InChI is InChI=1S/C16H15FN4O2/c1-3-8-23-15-9-12(17)4-5-14(15)21-16(22)19-10-13-6-7-18-11(2)20-13/h1,4-7,9H,8,10H2,2H3,(H2,19,21,22). The predicted octanol–water partition coefficient (Wildman–Crippen LogP) is 2.26. The van der Waals surface area contributed by atoms with Crippen LogP contribution >= 0.6 is 0 Å². The molecule has 2 aromatic rings. The fraction of sp³-hybridized carbons (Fsp3) is 0.188. The monoisotopic (exact) mass is 314 g/mol. The summed E-state index contributed by atoms with van der Waals surface area (Å²) in [5, 5.41) is 5.22. The number of nitrogens with one attached hydrogen (secondary N) is 2. The summed E-state index contributed by atoms with van der Waals surface area (Å²) in [6.07, 6.45) is 6.72. The summed E-state index contributed by atoms with van der Waals surface area (Å²) < 4.78 is 18.5. The smallest absolute Gasteiger partial charge is 0.319 e. The van der Waals surface area contributed by atoms with Gasteiger partial charge in [-0.1, -0.05) is 5.92 Å². The van der Waals surface area contributed by atoms with Crippen LogP contribution < -0.4 is 15.4 Å². The van der Waals surface area contributed by atoms with E-state index in [0.29, 0.717) is 17.2 Å². The summed E-state index contributed by atoms with van der Waals surface area (Å²) in [7, 11) is 0. The molecule has 23 heavy (non-hydrogen) atoms. The predicted molar refractivity (Wildman–Crippen MR) is 83.4 cm³/mol. The molecule has 0 atom stereocenters. The minimum absolute atomic E-state index is 0.0278. The maximum Gasteiger partial charge on any atom is 0.319 e. The zero-order valence-electron chi connectivity index (χ0n) is 12.5. The van der Waals surface area contributed by atoms with E-state index in [1.807, 2.05) is 0 Å². The molecule has 0 aliphatic rings. The third-order valence-corrected chi connectivity index (χ3v) is 2.77. The number of benzene rings is 1. The van der Waals surface area contributed by atoms with E-state index in [1.165, 1.54) is 12.1 Å². The average molecular weight is 314 g/mol. The lowest BCUT2D eigenvalue weighted by molar-refractivity contribution is 0.251. The van der Waals surface area contributed by atoms with Crippen molar-refractivity contribution < 1.29 is 13.9 Å². The highest BCUT2D eigenvalue weighted by molar-refractivity contribution is 5.90. The number of ether oxygens (including phenoxy) is 1. The first-order valence-electron chi connectivity index (χ1n) is 6.77. The lowest BCUT2D eigenvalue weighted by Gasteiger charge is -2.12. The van der Waals surface area contributed by atoms with Gasteiger partial charge >= 0.3 is 6.03 Å². The first-order chi connectivity index (χ1) is 11.1. The Morgan fingerprint density at radius 2 is 2.26 bits per heavy atom. The number of halogens is 1. The zero-order valence-corrected chi connectivity index (χ0v) is 12.5. The highest BCUT2D eigenvalue weighted by Gasteiger charge is 2.09. The van der Waals surface area contributed by atoms with Crippen molar-refractivity contribution in [2.24, 2.45) is 0 Å². The Morgan fingerprint density at radius 3 is 3.00 bits per heavy atom. The fourth-order valence-corrected chi connectivity index (χ4v) is 1.78. The van der Waals surface area contributed by atoms with Gasteiger partial charge in [0, 0.05) is 12.3 Å². The maximum atomic E-state index is 13.2. The van der Waals surface area contributed by atoms with Gasteiger partial charge in [0.1, 0.15) is 24.0 Å². The topological polar surface area (TPSA) is 76.1 Å². The van der Waals surface area contributed by atoms with Gasteiger partial charge in [-0.15, -0.1) is 6.42 Å². The summed E-state index contributed by atoms with van der Waals surface area (Å²) in [4.78, 5) is 20.1. The first-order valence-corrected chi connectivity index (χ1v) is 6.77. The molecule has 0 radical (unpaired) electrons. The first kappa shape index (κ1) is 16.2. The van der Waals surface area contributed by atoms with Crippen LogP contribution in [0.15, 0.2) is 30.5 Å². The van der Waals surface area contributed by atoms with Crippen LogP contribution in [0.3, 0.4) is 0 Å². The third-order valence-electron chi connectivity index (χ3n) is 2.77. The van der Waals surface area contributed by atoms with Crippen LogP contribution in [0.25, 0.3) is 0 Å². The Balaban J connectivity index is 1.98. The van der Waals surface area contributed by atoms with E-state index in [0.717, 1.165) is 6.07 Å². The van der Waals surface area contributed by atoms with Gasteiger partial charge < -0.3 is 15.4 Å². The lowest BCUT2D eigenvalue weighted by Crippen LogP contribution is -2.28. The summed E-state index contributed by atoms with van der Waals surface area (Å²) in [5.41, 5.74) is 0.994. The zero-order chi connectivity index (χ0) is 16.7. The molecule has 0 saturated carbocycles. The lowest BCUT2D eigenvalue weighted by atomic mass is 10.3. The van der Waals surface area contributed by atoms with Crippen molar-refractivity contribution in [1.29, 1.82) is 0 Å². The third kappa shape index (κ3) is 4.97. The van der Waals surface area contributed by atoms with E-state index in [9.17, 15) is 9.18 Å². The number of terminal acetylenes is 1. The second-order valence-electron chi connectivity index (χ2n) is 4.54. The minimum atomic E-state index is -0.487. The summed E-state index contributed by atoms with van der Waals surface area (Å²) >= 11 is 0. The number of urea groups is 1. The van der Waals surface area contributed by atoms with Crippen LogP contribution in [-0.4, -0.2) is 22.6 Å². The van der Waals surface area contributed by atoms with E-state index in [1.54, 1.807) is 19.2 Å². The molecule has 2 amide bonds. The molecule has 7 heteroatoms. The number of amides is 2. The number of carbonyl (C=O) groups is 1. The van der Waals surface area contributed by atoms with Crippen LogP contribution in [0.4, 0.5) is 14.9 Å². The van der Waals surface area contributed by atoms with Gasteiger partial charge in [-0.25, -0.2) is 19.2 Å². The number of aromatic nitrogens is 2. The molecule has 0 fully saturated rings. The molecule has 0 spiro atoms. The second kappa shape index (κ2) is 7.75. The van der Waals surface area contributed by atoms with Crippen LogP contribution in [0.5, 0.6) is 5.75 Å². The molecule has 2 N–H and O–H groups in total. The number of hydrogen-bond acceptors (Lipinski definition) is 4. The quantitative estimate of drug-likeness (QED) is 0.830. The number of rotatable bonds is 5. The van der Waals surface area contributed by atoms with Crippen LogP contribution in [-0.2, 0) is 6.54 Å². The SMILES string of the molecule is C#CCOc1cc(F)ccc1NC(=O)NCc1ccnc(C)n1. The molecular weight excluding hydrogens is 299 g/mol. The number of anilines is 1. The van der Waals surface area contributed by atoms with Crippen LogP contribution in [0.2, 0.25) is 0 Å². The van der Waals surface area contributed by atoms with Gasteiger partial charge in [-0.05, 0) is 25.1 Å². The number of nitrogens with zero attached hydrogens (tertiary/aromatic N) is 2. The molecule has 2 rings (SSSR count). The number of hydrogen-bond donors (Lipinski definition) is 2. The average Bonchev–Trinajstić information content (AvgIpc) is 2.53. The van der Waals surface area contributed by atoms with Gasteiger partial charge in [0.15, 0.2) is 0 Å². The van der Waals surface area contributed by atoms with E-state index in [4.69, 9.17) is 11.2 Å². The molecule has 0 unspecified atom stereocenters. The van der Waals surface area contributed by atoms with E-state index in [-0.39, 0.29) is 18.9 Å². The Labute approximate surface area is 133 Å². The molecule has 118 valence electrons. The molecule has 6 nitrogen and oxygen atoms in total. The largest absolute Gasteiger partial charge is 0.479 e. The summed E-state index contributed by atoms with van der Waals surface area (Å²) in [5.74, 6) is 2.58. The van der Waals surface area contributed by atoms with Crippen LogP contribution in [0, 0.1) is 25.1 Å². The molecule has 0 aliphatic carbocycles. The van der Waals surface area contributed by atoms with Crippen LogP contribution in [0.1, 0.15) is 11.5 Å². The minimum Gasteiger partial charge on any atom is -0.479 e. The van der Waals surface area contributed by atoms with Gasteiger partial charge in [0.05, 0.1) is 17.9 Å². The second-order valence-corrected chi connectivity index (χ2v) is 4.54. The Kier molecular flexibility index (Phi) is 5.47. The van der Waals surface area contributed by atoms with E-state index >= 15 is 0 Å². The Hall–Kier alpha value is -3.14. The van der Waals surface area contributed by atoms with Crippen molar-refractivity contribution >= 4 is 11.7 Å². The number of aryl methyl sites for hydroxylation is 1. The molecular formula is C16H15FN4O2. The van der Waals surface area contributed by atoms with Crippen molar-refractivity contribution in [1.82, 2.24) is 15.3 Å². The maximum absolute atomic E-state index is 13.2. The molecule has 1 aromatic carbocycles. The number of carbonyl (C=O) groups excluding carboxylic acids is 1. The highest BCUT2D eigenvalue weighted by Crippen LogP contribution is 2.25. The van der Waals surface area contributed by atoms with E-state index < -0.39 is 11.8 Å². The molecule has 0 bridgehead atoms. The van der Waals surface area contributed by atoms with Gasteiger partial charge in [0.25, 0.3) is 0 Å². The highest BCUT2D eigenvalue weighted by atomic mass is 19.1. The molecule has 1 heterocycles. The summed E-state index contributed by atoms with van der Waals surface area (Å²) in [6, 6.07) is 4.99. The molecule has 0 aliphatic heterocycles.